The molecule has 2 heterocycles. The summed E-state index contributed by atoms with van der Waals surface area (Å²) in [5.74, 6) is 2.26. The van der Waals surface area contributed by atoms with E-state index in [1.54, 1.807) is 14.2 Å². The van der Waals surface area contributed by atoms with Crippen LogP contribution in [0.15, 0.2) is 42.5 Å². The van der Waals surface area contributed by atoms with Gasteiger partial charge < -0.3 is 14.0 Å². The summed E-state index contributed by atoms with van der Waals surface area (Å²) in [7, 11) is 3.29. The Morgan fingerprint density at radius 1 is 1.00 bits per heavy atom. The van der Waals surface area contributed by atoms with Crippen molar-refractivity contribution in [2.24, 2.45) is 0 Å². The van der Waals surface area contributed by atoms with Crippen molar-refractivity contribution in [3.8, 4) is 34.1 Å². The van der Waals surface area contributed by atoms with Gasteiger partial charge in [-0.2, -0.15) is 0 Å². The van der Waals surface area contributed by atoms with Crippen LogP contribution in [0, 0.1) is 12.3 Å². The van der Waals surface area contributed by atoms with Crippen LogP contribution in [0.25, 0.3) is 22.6 Å². The molecule has 0 saturated carbocycles. The van der Waals surface area contributed by atoms with E-state index >= 15 is 0 Å². The average Bonchev–Trinajstić information content (AvgIpc) is 2.66. The molecule has 2 aromatic carbocycles. The van der Waals surface area contributed by atoms with Crippen LogP contribution in [0.3, 0.4) is 0 Å². The predicted octanol–water partition coefficient (Wildman–Crippen LogP) is 3.58. The van der Waals surface area contributed by atoms with E-state index in [4.69, 9.17) is 14.9 Å². The smallest absolute Gasteiger partial charge is 0.161 e. The molecule has 4 rings (SSSR count). The van der Waals surface area contributed by atoms with E-state index in [1.807, 2.05) is 18.2 Å². The van der Waals surface area contributed by atoms with Crippen molar-refractivity contribution < 1.29 is 9.47 Å². The Hall–Kier alpha value is -3.08. The Morgan fingerprint density at radius 2 is 1.69 bits per heavy atom. The van der Waals surface area contributed by atoms with Gasteiger partial charge in [-0.05, 0) is 31.0 Å². The largest absolute Gasteiger partial charge is 0.493 e. The number of hydrogen-bond acceptors (Lipinski definition) is 4. The predicted molar refractivity (Wildman–Crippen MR) is 100 cm³/mol. The van der Waals surface area contributed by atoms with Crippen molar-refractivity contribution in [2.75, 3.05) is 14.2 Å². The Balaban J connectivity index is 1.95. The van der Waals surface area contributed by atoms with Crippen molar-refractivity contribution in [3.63, 3.8) is 0 Å². The molecule has 3 aromatic rings. The topological polar surface area (TPSA) is 60.1 Å². The second-order valence-corrected chi connectivity index (χ2v) is 6.48. The van der Waals surface area contributed by atoms with Gasteiger partial charge in [-0.15, -0.1) is 0 Å². The Labute approximate surface area is 152 Å². The fourth-order valence-electron chi connectivity index (χ4n) is 3.50. The molecule has 26 heavy (non-hydrogen) atoms. The third-order valence-corrected chi connectivity index (χ3v) is 4.85. The van der Waals surface area contributed by atoms with Gasteiger partial charge in [-0.1, -0.05) is 29.8 Å². The van der Waals surface area contributed by atoms with Crippen molar-refractivity contribution >= 4 is 0 Å². The number of aromatic nitrogens is 2. The first kappa shape index (κ1) is 16.4. The third-order valence-electron chi connectivity index (χ3n) is 4.85. The molecule has 1 aliphatic rings. The maximum atomic E-state index is 8.21. The van der Waals surface area contributed by atoms with E-state index in [9.17, 15) is 0 Å². The van der Waals surface area contributed by atoms with E-state index in [0.717, 1.165) is 41.4 Å². The SMILES string of the molecule is COc1cc2c(cc1OC)-c1cc(=N)nc(-c3ccc(C)cc3)n1CC2. The summed E-state index contributed by atoms with van der Waals surface area (Å²) in [6, 6.07) is 14.1. The van der Waals surface area contributed by atoms with Crippen molar-refractivity contribution in [2.45, 2.75) is 19.9 Å². The molecule has 5 heteroatoms. The van der Waals surface area contributed by atoms with Crippen molar-refractivity contribution in [1.82, 2.24) is 9.55 Å². The highest BCUT2D eigenvalue weighted by Gasteiger charge is 2.22. The maximum Gasteiger partial charge on any atom is 0.161 e. The standard InChI is InChI=1S/C21H21N3O2/c1-13-4-6-14(7-5-13)21-23-20(22)12-17-16-11-19(26-3)18(25-2)10-15(16)8-9-24(17)21/h4-7,10-12,22H,8-9H2,1-3H3. The number of benzene rings is 2. The molecule has 132 valence electrons. The molecule has 0 saturated heterocycles. The summed E-state index contributed by atoms with van der Waals surface area (Å²) in [5, 5.41) is 8.21. The summed E-state index contributed by atoms with van der Waals surface area (Å²) < 4.78 is 13.1. The van der Waals surface area contributed by atoms with Crippen LogP contribution in [0.4, 0.5) is 0 Å². The lowest BCUT2D eigenvalue weighted by Crippen LogP contribution is -2.21. The van der Waals surface area contributed by atoms with Crippen molar-refractivity contribution in [3.05, 3.63) is 59.1 Å². The Morgan fingerprint density at radius 3 is 2.38 bits per heavy atom. The first-order valence-corrected chi connectivity index (χ1v) is 8.59. The number of hydrogen-bond donors (Lipinski definition) is 1. The molecule has 0 spiro atoms. The number of nitrogens with zero attached hydrogens (tertiary/aromatic N) is 2. The van der Waals surface area contributed by atoms with E-state index in [2.05, 4.69) is 40.7 Å². The number of rotatable bonds is 3. The summed E-state index contributed by atoms with van der Waals surface area (Å²) in [6.07, 6.45) is 0.880. The second kappa shape index (κ2) is 6.33. The summed E-state index contributed by atoms with van der Waals surface area (Å²) in [4.78, 5) is 4.51. The van der Waals surface area contributed by atoms with E-state index in [0.29, 0.717) is 5.75 Å². The Bertz CT molecular complexity index is 1040. The number of fused-ring (bicyclic) bond motifs is 3. The van der Waals surface area contributed by atoms with Crippen LogP contribution in [-0.2, 0) is 13.0 Å². The second-order valence-electron chi connectivity index (χ2n) is 6.48. The zero-order valence-electron chi connectivity index (χ0n) is 15.2. The van der Waals surface area contributed by atoms with Crippen LogP contribution in [0.1, 0.15) is 11.1 Å². The lowest BCUT2D eigenvalue weighted by Gasteiger charge is -2.26. The summed E-state index contributed by atoms with van der Waals surface area (Å²) in [6.45, 7) is 2.88. The molecule has 1 aliphatic heterocycles. The van der Waals surface area contributed by atoms with Gasteiger partial charge in [0.2, 0.25) is 0 Å². The number of methoxy groups -OCH3 is 2. The molecule has 0 unspecified atom stereocenters. The minimum absolute atomic E-state index is 0.259. The van der Waals surface area contributed by atoms with Gasteiger partial charge in [0, 0.05) is 23.7 Å². The van der Waals surface area contributed by atoms with Gasteiger partial charge in [0.15, 0.2) is 11.5 Å². The highest BCUT2D eigenvalue weighted by molar-refractivity contribution is 5.72. The van der Waals surface area contributed by atoms with Crippen LogP contribution in [-0.4, -0.2) is 23.8 Å². The minimum Gasteiger partial charge on any atom is -0.493 e. The normalized spacial score (nSPS) is 12.3. The lowest BCUT2D eigenvalue weighted by molar-refractivity contribution is 0.354. The average molecular weight is 347 g/mol. The Kier molecular flexibility index (Phi) is 3.99. The van der Waals surface area contributed by atoms with Gasteiger partial charge >= 0.3 is 0 Å². The van der Waals surface area contributed by atoms with Gasteiger partial charge in [-0.3, -0.25) is 5.41 Å². The highest BCUT2D eigenvalue weighted by atomic mass is 16.5. The molecule has 0 radical (unpaired) electrons. The fraction of sp³-hybridized carbons (Fsp3) is 0.238. The van der Waals surface area contributed by atoms with Crippen LogP contribution < -0.4 is 15.0 Å². The molecule has 0 fully saturated rings. The molecule has 5 nitrogen and oxygen atoms in total. The lowest BCUT2D eigenvalue weighted by atomic mass is 9.96. The number of nitrogens with one attached hydrogen (secondary N) is 1. The maximum absolute atomic E-state index is 8.21. The molecule has 0 aliphatic carbocycles. The van der Waals surface area contributed by atoms with E-state index in [-0.39, 0.29) is 5.49 Å². The zero-order valence-corrected chi connectivity index (χ0v) is 15.2. The molecule has 0 bridgehead atoms. The minimum atomic E-state index is 0.259. The number of aryl methyl sites for hydroxylation is 2. The zero-order chi connectivity index (χ0) is 18.3. The molecular weight excluding hydrogens is 326 g/mol. The van der Waals surface area contributed by atoms with Crippen LogP contribution >= 0.6 is 0 Å². The van der Waals surface area contributed by atoms with E-state index in [1.165, 1.54) is 11.1 Å². The van der Waals surface area contributed by atoms with Crippen molar-refractivity contribution in [1.29, 1.82) is 5.41 Å². The number of ether oxygens (including phenoxy) is 2. The van der Waals surface area contributed by atoms with Gasteiger partial charge in [0.25, 0.3) is 0 Å². The molecule has 0 amide bonds. The monoisotopic (exact) mass is 347 g/mol. The first-order valence-electron chi connectivity index (χ1n) is 8.59. The fourth-order valence-corrected chi connectivity index (χ4v) is 3.50. The molecular formula is C21H21N3O2. The van der Waals surface area contributed by atoms with E-state index < -0.39 is 0 Å². The van der Waals surface area contributed by atoms with Gasteiger partial charge in [0.1, 0.15) is 11.3 Å². The molecule has 0 atom stereocenters. The molecule has 1 aromatic heterocycles. The quantitative estimate of drug-likeness (QED) is 0.788. The highest BCUT2D eigenvalue weighted by Crippen LogP contribution is 2.39. The van der Waals surface area contributed by atoms with Gasteiger partial charge in [0.05, 0.1) is 19.9 Å². The molecule has 1 N–H and O–H groups in total. The summed E-state index contributed by atoms with van der Waals surface area (Å²) >= 11 is 0. The summed E-state index contributed by atoms with van der Waals surface area (Å²) in [5.41, 5.74) is 5.74. The first-order chi connectivity index (χ1) is 12.6. The third kappa shape index (κ3) is 2.65. The van der Waals surface area contributed by atoms with Crippen LogP contribution in [0.2, 0.25) is 0 Å². The van der Waals surface area contributed by atoms with Gasteiger partial charge in [-0.25, -0.2) is 4.98 Å². The van der Waals surface area contributed by atoms with Crippen LogP contribution in [0.5, 0.6) is 11.5 Å².